The molecule has 9 heavy (non-hydrogen) atoms. The van der Waals surface area contributed by atoms with Crippen molar-refractivity contribution in [2.24, 2.45) is 5.73 Å². The fourth-order valence-electron chi connectivity index (χ4n) is 1.01. The number of hydrazine groups is 2. The topological polar surface area (TPSA) is 62.1 Å². The molecule has 0 radical (unpaired) electrons. The lowest BCUT2D eigenvalue weighted by Crippen LogP contribution is -2.35. The Morgan fingerprint density at radius 3 is 3.11 bits per heavy atom. The molecule has 1 atom stereocenters. The number of nitrogens with one attached hydrogen (secondary N) is 3. The van der Waals surface area contributed by atoms with Crippen molar-refractivity contribution in [3.8, 4) is 0 Å². The van der Waals surface area contributed by atoms with E-state index in [0.717, 1.165) is 11.4 Å². The molecule has 1 heterocycles. The fourth-order valence-corrected chi connectivity index (χ4v) is 1.01. The van der Waals surface area contributed by atoms with Crippen LogP contribution in [0.25, 0.3) is 0 Å². The third-order valence-corrected chi connectivity index (χ3v) is 1.52. The molecule has 2 rings (SSSR count). The third kappa shape index (κ3) is 0.540. The predicted molar refractivity (Wildman–Crippen MR) is 33.5 cm³/mol. The molecule has 0 aromatic heterocycles. The van der Waals surface area contributed by atoms with Gasteiger partial charge in [-0.1, -0.05) is 0 Å². The third-order valence-electron chi connectivity index (χ3n) is 1.52. The molecule has 1 saturated heterocycles. The second kappa shape index (κ2) is 1.49. The smallest absolute Gasteiger partial charge is 0.103 e. The van der Waals surface area contributed by atoms with Gasteiger partial charge in [0.2, 0.25) is 0 Å². The van der Waals surface area contributed by atoms with Crippen molar-refractivity contribution < 1.29 is 0 Å². The molecule has 48 valence electrons. The average molecular weight is 124 g/mol. The van der Waals surface area contributed by atoms with Crippen molar-refractivity contribution in [3.05, 3.63) is 23.5 Å². The first-order valence-electron chi connectivity index (χ1n) is 2.82. The summed E-state index contributed by atoms with van der Waals surface area (Å²) < 4.78 is 0. The Balaban J connectivity index is 2.28. The lowest BCUT2D eigenvalue weighted by molar-refractivity contribution is 0.567. The van der Waals surface area contributed by atoms with Crippen LogP contribution in [-0.4, -0.2) is 6.04 Å². The maximum absolute atomic E-state index is 5.59. The van der Waals surface area contributed by atoms with Crippen LogP contribution in [-0.2, 0) is 0 Å². The van der Waals surface area contributed by atoms with Crippen molar-refractivity contribution in [2.75, 3.05) is 0 Å². The van der Waals surface area contributed by atoms with E-state index >= 15 is 0 Å². The van der Waals surface area contributed by atoms with Crippen molar-refractivity contribution in [2.45, 2.75) is 6.04 Å². The van der Waals surface area contributed by atoms with Gasteiger partial charge < -0.3 is 11.2 Å². The SMILES string of the molecule is NC1=CC=C2NNNC12. The molecule has 1 fully saturated rings. The average Bonchev–Trinajstić information content (AvgIpc) is 2.35. The van der Waals surface area contributed by atoms with Gasteiger partial charge in [-0.15, -0.1) is 0 Å². The lowest BCUT2D eigenvalue weighted by Gasteiger charge is -2.02. The summed E-state index contributed by atoms with van der Waals surface area (Å²) in [6.45, 7) is 0. The Morgan fingerprint density at radius 1 is 1.44 bits per heavy atom. The van der Waals surface area contributed by atoms with Crippen molar-refractivity contribution in [1.29, 1.82) is 0 Å². The normalized spacial score (nSPS) is 30.9. The molecular formula is C5H8N4. The van der Waals surface area contributed by atoms with E-state index in [0.29, 0.717) is 0 Å². The molecule has 1 aliphatic carbocycles. The first kappa shape index (κ1) is 4.84. The number of nitrogens with two attached hydrogens (primary N) is 1. The quantitative estimate of drug-likeness (QED) is 0.324. The van der Waals surface area contributed by atoms with Gasteiger partial charge in [0.25, 0.3) is 0 Å². The van der Waals surface area contributed by atoms with Crippen LogP contribution in [0.3, 0.4) is 0 Å². The van der Waals surface area contributed by atoms with Crippen LogP contribution in [0, 0.1) is 0 Å². The van der Waals surface area contributed by atoms with Crippen LogP contribution in [0.2, 0.25) is 0 Å². The molecule has 0 bridgehead atoms. The minimum Gasteiger partial charge on any atom is -0.400 e. The highest BCUT2D eigenvalue weighted by Gasteiger charge is 2.24. The van der Waals surface area contributed by atoms with E-state index in [2.05, 4.69) is 16.4 Å². The number of fused-ring (bicyclic) bond motifs is 1. The highest BCUT2D eigenvalue weighted by atomic mass is 15.6. The Labute approximate surface area is 52.7 Å². The van der Waals surface area contributed by atoms with Crippen LogP contribution >= 0.6 is 0 Å². The summed E-state index contributed by atoms with van der Waals surface area (Å²) in [5.41, 5.74) is 16.2. The van der Waals surface area contributed by atoms with E-state index < -0.39 is 0 Å². The van der Waals surface area contributed by atoms with Gasteiger partial charge in [0.1, 0.15) is 6.04 Å². The van der Waals surface area contributed by atoms with Crippen LogP contribution in [0.1, 0.15) is 0 Å². The first-order valence-corrected chi connectivity index (χ1v) is 2.82. The first-order chi connectivity index (χ1) is 4.38. The second-order valence-corrected chi connectivity index (χ2v) is 2.12. The lowest BCUT2D eigenvalue weighted by atomic mass is 10.2. The van der Waals surface area contributed by atoms with E-state index in [1.165, 1.54) is 0 Å². The molecule has 0 saturated carbocycles. The Bertz CT molecular complexity index is 193. The van der Waals surface area contributed by atoms with E-state index in [1.54, 1.807) is 0 Å². The second-order valence-electron chi connectivity index (χ2n) is 2.12. The van der Waals surface area contributed by atoms with Gasteiger partial charge in [-0.05, 0) is 12.2 Å². The van der Waals surface area contributed by atoms with E-state index in [4.69, 9.17) is 5.73 Å². The zero-order valence-electron chi connectivity index (χ0n) is 4.81. The molecule has 0 spiro atoms. The molecule has 4 nitrogen and oxygen atoms in total. The zero-order valence-corrected chi connectivity index (χ0v) is 4.81. The van der Waals surface area contributed by atoms with Gasteiger partial charge >= 0.3 is 0 Å². The number of hydrogen-bond acceptors (Lipinski definition) is 4. The molecule has 1 unspecified atom stereocenters. The molecule has 5 N–H and O–H groups in total. The van der Waals surface area contributed by atoms with Gasteiger partial charge in [-0.3, -0.25) is 0 Å². The van der Waals surface area contributed by atoms with E-state index in [9.17, 15) is 0 Å². The highest BCUT2D eigenvalue weighted by Crippen LogP contribution is 2.14. The highest BCUT2D eigenvalue weighted by molar-refractivity contribution is 5.36. The van der Waals surface area contributed by atoms with Crippen LogP contribution in [0.4, 0.5) is 0 Å². The summed E-state index contributed by atoms with van der Waals surface area (Å²) in [5.74, 6) is 0. The Hall–Kier alpha value is -1.00. The maximum atomic E-state index is 5.59. The minimum atomic E-state index is 0.171. The molecule has 2 aliphatic rings. The summed E-state index contributed by atoms with van der Waals surface area (Å²) >= 11 is 0. The molecule has 0 amide bonds. The molecule has 0 aromatic rings. The number of hydrogen-bond donors (Lipinski definition) is 4. The van der Waals surface area contributed by atoms with E-state index in [-0.39, 0.29) is 6.04 Å². The van der Waals surface area contributed by atoms with E-state index in [1.807, 2.05) is 12.2 Å². The number of rotatable bonds is 0. The Morgan fingerprint density at radius 2 is 2.33 bits per heavy atom. The number of allylic oxidation sites excluding steroid dienone is 2. The van der Waals surface area contributed by atoms with Gasteiger partial charge in [-0.25, -0.2) is 5.43 Å². The van der Waals surface area contributed by atoms with Gasteiger partial charge in [0.15, 0.2) is 0 Å². The standard InChI is InChI=1S/C5H8N4/c6-3-1-2-4-5(3)8-9-7-4/h1-2,5,7-9H,6H2. The van der Waals surface area contributed by atoms with Gasteiger partial charge in [0.05, 0.1) is 5.70 Å². The Kier molecular flexibility index (Phi) is 0.802. The molecule has 0 aromatic carbocycles. The van der Waals surface area contributed by atoms with Crippen molar-refractivity contribution in [3.63, 3.8) is 0 Å². The monoisotopic (exact) mass is 124 g/mol. The van der Waals surface area contributed by atoms with Crippen LogP contribution in [0.5, 0.6) is 0 Å². The minimum absolute atomic E-state index is 0.171. The van der Waals surface area contributed by atoms with Crippen LogP contribution in [0.15, 0.2) is 23.5 Å². The summed E-state index contributed by atoms with van der Waals surface area (Å²) in [5, 5.41) is 0. The largest absolute Gasteiger partial charge is 0.400 e. The summed E-state index contributed by atoms with van der Waals surface area (Å²) in [4.78, 5) is 0. The molecular weight excluding hydrogens is 116 g/mol. The van der Waals surface area contributed by atoms with Gasteiger partial charge in [0, 0.05) is 5.70 Å². The maximum Gasteiger partial charge on any atom is 0.103 e. The summed E-state index contributed by atoms with van der Waals surface area (Å²) in [6.07, 6.45) is 3.84. The molecule has 4 heteroatoms. The van der Waals surface area contributed by atoms with Crippen molar-refractivity contribution >= 4 is 0 Å². The zero-order chi connectivity index (χ0) is 6.27. The molecule has 1 aliphatic heterocycles. The van der Waals surface area contributed by atoms with Gasteiger partial charge in [-0.2, -0.15) is 5.53 Å². The summed E-state index contributed by atoms with van der Waals surface area (Å²) in [7, 11) is 0. The fraction of sp³-hybridized carbons (Fsp3) is 0.200. The van der Waals surface area contributed by atoms with Crippen LogP contribution < -0.4 is 22.1 Å². The predicted octanol–water partition coefficient (Wildman–Crippen LogP) is -1.29. The van der Waals surface area contributed by atoms with Crippen molar-refractivity contribution in [1.82, 2.24) is 16.4 Å². The summed E-state index contributed by atoms with van der Waals surface area (Å²) in [6, 6.07) is 0.171.